The maximum atomic E-state index is 11.9. The van der Waals surface area contributed by atoms with Crippen molar-refractivity contribution in [2.45, 2.75) is 6.43 Å². The Hall–Kier alpha value is -1.65. The zero-order chi connectivity index (χ0) is 11.4. The summed E-state index contributed by atoms with van der Waals surface area (Å²) in [6.45, 7) is 0. The molecule has 0 saturated carbocycles. The summed E-state index contributed by atoms with van der Waals surface area (Å²) >= 11 is 0. The number of anilines is 2. The third-order valence-corrected chi connectivity index (χ3v) is 1.85. The Kier molecular flexibility index (Phi) is 3.60. The van der Waals surface area contributed by atoms with E-state index in [9.17, 15) is 13.6 Å². The zero-order valence-electron chi connectivity index (χ0n) is 8.50. The van der Waals surface area contributed by atoms with Crippen LogP contribution in [0, 0.1) is 0 Å². The monoisotopic (exact) mass is 214 g/mol. The molecule has 0 spiro atoms. The first-order valence-electron chi connectivity index (χ1n) is 4.37. The Morgan fingerprint density at radius 1 is 1.27 bits per heavy atom. The third kappa shape index (κ3) is 3.19. The van der Waals surface area contributed by atoms with Crippen LogP contribution in [0.25, 0.3) is 0 Å². The molecule has 5 heteroatoms. The molecule has 15 heavy (non-hydrogen) atoms. The molecule has 3 nitrogen and oxygen atoms in total. The maximum absolute atomic E-state index is 11.9. The van der Waals surface area contributed by atoms with Crippen LogP contribution < -0.4 is 10.2 Å². The Bertz CT molecular complexity index is 336. The van der Waals surface area contributed by atoms with E-state index in [2.05, 4.69) is 5.32 Å². The van der Waals surface area contributed by atoms with Gasteiger partial charge in [-0.1, -0.05) is 0 Å². The highest BCUT2D eigenvalue weighted by Crippen LogP contribution is 2.15. The maximum Gasteiger partial charge on any atom is 0.315 e. The Morgan fingerprint density at radius 2 is 1.80 bits per heavy atom. The SMILES string of the molecule is CN(C)c1ccc(NC(=O)C(F)F)cc1. The molecule has 0 aliphatic carbocycles. The molecule has 82 valence electrons. The summed E-state index contributed by atoms with van der Waals surface area (Å²) in [7, 11) is 3.74. The van der Waals surface area contributed by atoms with E-state index in [1.807, 2.05) is 19.0 Å². The van der Waals surface area contributed by atoms with Gasteiger partial charge < -0.3 is 10.2 Å². The van der Waals surface area contributed by atoms with E-state index in [4.69, 9.17) is 0 Å². The molecule has 0 radical (unpaired) electrons. The van der Waals surface area contributed by atoms with Crippen molar-refractivity contribution >= 4 is 17.3 Å². The summed E-state index contributed by atoms with van der Waals surface area (Å²) in [6.07, 6.45) is -2.99. The number of hydrogen-bond acceptors (Lipinski definition) is 2. The van der Waals surface area contributed by atoms with Crippen LogP contribution in [0.15, 0.2) is 24.3 Å². The van der Waals surface area contributed by atoms with Crippen molar-refractivity contribution in [1.29, 1.82) is 0 Å². The first-order valence-corrected chi connectivity index (χ1v) is 4.37. The predicted molar refractivity (Wildman–Crippen MR) is 55.4 cm³/mol. The molecule has 1 N–H and O–H groups in total. The number of nitrogens with one attached hydrogen (secondary N) is 1. The molecule has 0 unspecified atom stereocenters. The lowest BCUT2D eigenvalue weighted by atomic mass is 10.2. The van der Waals surface area contributed by atoms with Crippen LogP contribution in [0.5, 0.6) is 0 Å². The number of amides is 1. The molecule has 0 saturated heterocycles. The number of halogens is 2. The van der Waals surface area contributed by atoms with Crippen molar-refractivity contribution < 1.29 is 13.6 Å². The smallest absolute Gasteiger partial charge is 0.315 e. The summed E-state index contributed by atoms with van der Waals surface area (Å²) in [5, 5.41) is 2.10. The van der Waals surface area contributed by atoms with E-state index >= 15 is 0 Å². The fraction of sp³-hybridized carbons (Fsp3) is 0.300. The minimum atomic E-state index is -2.99. The summed E-state index contributed by atoms with van der Waals surface area (Å²) in [6, 6.07) is 6.63. The molecule has 1 amide bonds. The molecule has 0 bridgehead atoms. The number of benzene rings is 1. The van der Waals surface area contributed by atoms with Gasteiger partial charge in [0, 0.05) is 25.5 Å². The van der Waals surface area contributed by atoms with Gasteiger partial charge >= 0.3 is 6.43 Å². The molecule has 0 atom stereocenters. The second-order valence-electron chi connectivity index (χ2n) is 3.23. The number of carbonyl (C=O) groups excluding carboxylic acids is 1. The molecular formula is C10H12F2N2O. The molecule has 1 aromatic rings. The third-order valence-electron chi connectivity index (χ3n) is 1.85. The zero-order valence-corrected chi connectivity index (χ0v) is 8.50. The van der Waals surface area contributed by atoms with Gasteiger partial charge in [0.05, 0.1) is 0 Å². The normalized spacial score (nSPS) is 10.2. The second-order valence-corrected chi connectivity index (χ2v) is 3.23. The van der Waals surface area contributed by atoms with E-state index in [1.54, 1.807) is 24.3 Å². The molecule has 0 aliphatic rings. The van der Waals surface area contributed by atoms with Gasteiger partial charge in [-0.15, -0.1) is 0 Å². The quantitative estimate of drug-likeness (QED) is 0.834. The van der Waals surface area contributed by atoms with E-state index < -0.39 is 12.3 Å². The van der Waals surface area contributed by atoms with Gasteiger partial charge in [0.1, 0.15) is 0 Å². The Balaban J connectivity index is 2.69. The lowest BCUT2D eigenvalue weighted by molar-refractivity contribution is -0.126. The predicted octanol–water partition coefficient (Wildman–Crippen LogP) is 1.96. The number of alkyl halides is 2. The van der Waals surface area contributed by atoms with Gasteiger partial charge in [-0.25, -0.2) is 0 Å². The molecule has 0 fully saturated rings. The van der Waals surface area contributed by atoms with Crippen LogP contribution in [0.3, 0.4) is 0 Å². The van der Waals surface area contributed by atoms with E-state index in [0.29, 0.717) is 5.69 Å². The molecule has 0 aromatic heterocycles. The van der Waals surface area contributed by atoms with Crippen LogP contribution >= 0.6 is 0 Å². The minimum Gasteiger partial charge on any atom is -0.378 e. The molecule has 1 rings (SSSR count). The van der Waals surface area contributed by atoms with Crippen molar-refractivity contribution in [2.75, 3.05) is 24.3 Å². The topological polar surface area (TPSA) is 32.3 Å². The lowest BCUT2D eigenvalue weighted by Gasteiger charge is -2.12. The number of carbonyl (C=O) groups is 1. The highest BCUT2D eigenvalue weighted by atomic mass is 19.3. The standard InChI is InChI=1S/C10H12F2N2O/c1-14(2)8-5-3-7(4-6-8)13-10(15)9(11)12/h3-6,9H,1-2H3,(H,13,15). The highest BCUT2D eigenvalue weighted by Gasteiger charge is 2.14. The molecule has 1 aromatic carbocycles. The molecule has 0 aliphatic heterocycles. The van der Waals surface area contributed by atoms with Crippen molar-refractivity contribution in [2.24, 2.45) is 0 Å². The lowest BCUT2D eigenvalue weighted by Crippen LogP contribution is -2.20. The number of hydrogen-bond donors (Lipinski definition) is 1. The summed E-state index contributed by atoms with van der Waals surface area (Å²) in [5.41, 5.74) is 1.30. The van der Waals surface area contributed by atoms with Crippen molar-refractivity contribution in [1.82, 2.24) is 0 Å². The van der Waals surface area contributed by atoms with Gasteiger partial charge in [0.2, 0.25) is 0 Å². The summed E-state index contributed by atoms with van der Waals surface area (Å²) < 4.78 is 23.8. The van der Waals surface area contributed by atoms with Gasteiger partial charge in [-0.2, -0.15) is 8.78 Å². The first kappa shape index (κ1) is 11.4. The van der Waals surface area contributed by atoms with Gasteiger partial charge in [-0.05, 0) is 24.3 Å². The highest BCUT2D eigenvalue weighted by molar-refractivity contribution is 5.93. The van der Waals surface area contributed by atoms with Crippen molar-refractivity contribution in [3.63, 3.8) is 0 Å². The van der Waals surface area contributed by atoms with E-state index in [-0.39, 0.29) is 0 Å². The van der Waals surface area contributed by atoms with Crippen LogP contribution in [0.4, 0.5) is 20.2 Å². The average molecular weight is 214 g/mol. The Morgan fingerprint density at radius 3 is 2.20 bits per heavy atom. The molecular weight excluding hydrogens is 202 g/mol. The average Bonchev–Trinajstić information content (AvgIpc) is 2.18. The second kappa shape index (κ2) is 4.72. The van der Waals surface area contributed by atoms with Crippen LogP contribution in [0.2, 0.25) is 0 Å². The van der Waals surface area contributed by atoms with E-state index in [0.717, 1.165) is 5.69 Å². The fourth-order valence-corrected chi connectivity index (χ4v) is 1.04. The van der Waals surface area contributed by atoms with Gasteiger partial charge in [-0.3, -0.25) is 4.79 Å². The van der Waals surface area contributed by atoms with E-state index in [1.165, 1.54) is 0 Å². The van der Waals surface area contributed by atoms with Crippen molar-refractivity contribution in [3.05, 3.63) is 24.3 Å². The summed E-state index contributed by atoms with van der Waals surface area (Å²) in [5.74, 6) is -1.28. The Labute approximate surface area is 86.7 Å². The minimum absolute atomic E-state index is 0.367. The van der Waals surface area contributed by atoms with Crippen LogP contribution in [-0.2, 0) is 4.79 Å². The number of nitrogens with zero attached hydrogens (tertiary/aromatic N) is 1. The fourth-order valence-electron chi connectivity index (χ4n) is 1.04. The largest absolute Gasteiger partial charge is 0.378 e. The van der Waals surface area contributed by atoms with Crippen LogP contribution in [-0.4, -0.2) is 26.4 Å². The van der Waals surface area contributed by atoms with Gasteiger partial charge in [0.25, 0.3) is 5.91 Å². The summed E-state index contributed by atoms with van der Waals surface area (Å²) in [4.78, 5) is 12.5. The number of rotatable bonds is 3. The molecule has 0 heterocycles. The first-order chi connectivity index (χ1) is 7.00. The van der Waals surface area contributed by atoms with Gasteiger partial charge in [0.15, 0.2) is 0 Å². The van der Waals surface area contributed by atoms with Crippen LogP contribution in [0.1, 0.15) is 0 Å². The van der Waals surface area contributed by atoms with Crippen molar-refractivity contribution in [3.8, 4) is 0 Å².